The predicted molar refractivity (Wildman–Crippen MR) is 80.2 cm³/mol. The molecule has 1 fully saturated rings. The summed E-state index contributed by atoms with van der Waals surface area (Å²) in [5, 5.41) is 0. The summed E-state index contributed by atoms with van der Waals surface area (Å²) < 4.78 is 0. The van der Waals surface area contributed by atoms with E-state index >= 15 is 0 Å². The van der Waals surface area contributed by atoms with E-state index in [9.17, 15) is 0 Å². The first-order chi connectivity index (χ1) is 9.08. The fourth-order valence-corrected chi connectivity index (χ4v) is 3.34. The molecule has 1 atom stereocenters. The van der Waals surface area contributed by atoms with Crippen LogP contribution in [0.4, 0.5) is 0 Å². The first-order valence-electron chi connectivity index (χ1n) is 7.45. The van der Waals surface area contributed by atoms with Gasteiger partial charge in [0.2, 0.25) is 0 Å². The highest BCUT2D eigenvalue weighted by atomic mass is 15.2. The van der Waals surface area contributed by atoms with Crippen LogP contribution in [0, 0.1) is 0 Å². The van der Waals surface area contributed by atoms with Crippen molar-refractivity contribution in [2.75, 3.05) is 14.1 Å². The molecule has 1 aliphatic rings. The van der Waals surface area contributed by atoms with E-state index in [1.807, 2.05) is 6.20 Å². The second-order valence-electron chi connectivity index (χ2n) is 6.03. The number of hydrogen-bond acceptors (Lipinski definition) is 3. The largest absolute Gasteiger partial charge is 0.326 e. The Labute approximate surface area is 117 Å². The maximum Gasteiger partial charge on any atom is 0.0419 e. The molecule has 1 saturated carbocycles. The van der Waals surface area contributed by atoms with Crippen LogP contribution in [-0.2, 0) is 12.8 Å². The van der Waals surface area contributed by atoms with Crippen molar-refractivity contribution < 1.29 is 0 Å². The van der Waals surface area contributed by atoms with E-state index in [0.717, 1.165) is 18.5 Å². The third kappa shape index (κ3) is 2.98. The molecule has 1 aliphatic carbocycles. The molecule has 0 bridgehead atoms. The minimum Gasteiger partial charge on any atom is -0.326 e. The molecule has 0 aliphatic heterocycles. The van der Waals surface area contributed by atoms with Crippen molar-refractivity contribution in [3.8, 4) is 0 Å². The summed E-state index contributed by atoms with van der Waals surface area (Å²) in [6.45, 7) is 2.15. The average molecular weight is 261 g/mol. The van der Waals surface area contributed by atoms with Crippen molar-refractivity contribution in [3.63, 3.8) is 0 Å². The smallest absolute Gasteiger partial charge is 0.0419 e. The van der Waals surface area contributed by atoms with Gasteiger partial charge in [-0.1, -0.05) is 25.8 Å². The first-order valence-corrected chi connectivity index (χ1v) is 7.45. The van der Waals surface area contributed by atoms with Gasteiger partial charge >= 0.3 is 0 Å². The number of hydrogen-bond donors (Lipinski definition) is 1. The van der Waals surface area contributed by atoms with Gasteiger partial charge in [0.1, 0.15) is 0 Å². The van der Waals surface area contributed by atoms with Crippen molar-refractivity contribution in [3.05, 3.63) is 29.6 Å². The Morgan fingerprint density at radius 1 is 1.32 bits per heavy atom. The second kappa shape index (κ2) is 6.02. The topological polar surface area (TPSA) is 42.1 Å². The molecule has 2 rings (SSSR count). The highest BCUT2D eigenvalue weighted by Crippen LogP contribution is 2.36. The fraction of sp³-hybridized carbons (Fsp3) is 0.688. The fourth-order valence-electron chi connectivity index (χ4n) is 3.34. The lowest BCUT2D eigenvalue weighted by molar-refractivity contribution is 0.122. The summed E-state index contributed by atoms with van der Waals surface area (Å²) in [5.41, 5.74) is 9.12. The van der Waals surface area contributed by atoms with Gasteiger partial charge in [-0.15, -0.1) is 0 Å². The molecule has 0 saturated heterocycles. The van der Waals surface area contributed by atoms with Crippen LogP contribution < -0.4 is 5.73 Å². The van der Waals surface area contributed by atoms with E-state index in [2.05, 4.69) is 43.0 Å². The summed E-state index contributed by atoms with van der Waals surface area (Å²) in [4.78, 5) is 6.89. The molecule has 3 nitrogen and oxygen atoms in total. The average Bonchev–Trinajstić information content (AvgIpc) is 2.90. The minimum absolute atomic E-state index is 0.171. The van der Waals surface area contributed by atoms with Crippen molar-refractivity contribution in [1.82, 2.24) is 9.88 Å². The maximum atomic E-state index is 6.54. The van der Waals surface area contributed by atoms with Crippen molar-refractivity contribution in [1.29, 1.82) is 0 Å². The van der Waals surface area contributed by atoms with Crippen molar-refractivity contribution in [2.45, 2.75) is 57.0 Å². The minimum atomic E-state index is 0.171. The standard InChI is InChI=1S/C16H27N3/c1-4-13-7-8-14(18-12-13)11-15(17)16(19(2)3)9-5-6-10-16/h7-8,12,15H,4-6,9-11,17H2,1-3H3. The first kappa shape index (κ1) is 14.5. The summed E-state index contributed by atoms with van der Waals surface area (Å²) >= 11 is 0. The van der Waals surface area contributed by atoms with E-state index < -0.39 is 0 Å². The normalized spacial score (nSPS) is 19.8. The molecule has 3 heteroatoms. The van der Waals surface area contributed by atoms with Gasteiger partial charge in [0.15, 0.2) is 0 Å². The molecule has 1 aromatic heterocycles. The molecule has 1 heterocycles. The highest BCUT2D eigenvalue weighted by Gasteiger charge is 2.41. The van der Waals surface area contributed by atoms with Crippen LogP contribution in [-0.4, -0.2) is 35.6 Å². The van der Waals surface area contributed by atoms with Crippen molar-refractivity contribution in [2.24, 2.45) is 5.73 Å². The van der Waals surface area contributed by atoms with Gasteiger partial charge in [-0.05, 0) is 45.0 Å². The molecule has 2 N–H and O–H groups in total. The van der Waals surface area contributed by atoms with Crippen LogP contribution in [0.3, 0.4) is 0 Å². The number of rotatable bonds is 5. The zero-order chi connectivity index (χ0) is 13.9. The third-order valence-corrected chi connectivity index (χ3v) is 4.77. The summed E-state index contributed by atoms with van der Waals surface area (Å²) in [5.74, 6) is 0. The molecule has 0 spiro atoms. The van der Waals surface area contributed by atoms with Crippen LogP contribution in [0.15, 0.2) is 18.3 Å². The molecule has 0 amide bonds. The van der Waals surface area contributed by atoms with Gasteiger partial charge < -0.3 is 10.6 Å². The Hall–Kier alpha value is -0.930. The van der Waals surface area contributed by atoms with Gasteiger partial charge in [-0.3, -0.25) is 4.98 Å². The second-order valence-corrected chi connectivity index (χ2v) is 6.03. The molecule has 0 radical (unpaired) electrons. The number of aryl methyl sites for hydroxylation is 1. The van der Waals surface area contributed by atoms with Gasteiger partial charge in [-0.25, -0.2) is 0 Å². The molecule has 19 heavy (non-hydrogen) atoms. The Bertz CT molecular complexity index is 391. The van der Waals surface area contributed by atoms with Crippen LogP contribution >= 0.6 is 0 Å². The van der Waals surface area contributed by atoms with Gasteiger partial charge in [0.25, 0.3) is 0 Å². The number of likely N-dealkylation sites (N-methyl/N-ethyl adjacent to an activating group) is 1. The molecular formula is C16H27N3. The lowest BCUT2D eigenvalue weighted by Gasteiger charge is -2.41. The maximum absolute atomic E-state index is 6.54. The van der Waals surface area contributed by atoms with Gasteiger partial charge in [0, 0.05) is 29.9 Å². The summed E-state index contributed by atoms with van der Waals surface area (Å²) in [6, 6.07) is 4.48. The van der Waals surface area contributed by atoms with Crippen LogP contribution in [0.25, 0.3) is 0 Å². The Morgan fingerprint density at radius 3 is 2.47 bits per heavy atom. The van der Waals surface area contributed by atoms with Gasteiger partial charge in [-0.2, -0.15) is 0 Å². The zero-order valence-corrected chi connectivity index (χ0v) is 12.5. The molecule has 1 unspecified atom stereocenters. The van der Waals surface area contributed by atoms with Gasteiger partial charge in [0.05, 0.1) is 0 Å². The number of aromatic nitrogens is 1. The van der Waals surface area contributed by atoms with E-state index in [-0.39, 0.29) is 11.6 Å². The van der Waals surface area contributed by atoms with E-state index in [1.54, 1.807) is 0 Å². The summed E-state index contributed by atoms with van der Waals surface area (Å²) in [7, 11) is 4.33. The van der Waals surface area contributed by atoms with E-state index in [4.69, 9.17) is 5.73 Å². The summed E-state index contributed by atoms with van der Waals surface area (Å²) in [6.07, 6.45) is 8.94. The quantitative estimate of drug-likeness (QED) is 0.885. The lowest BCUT2D eigenvalue weighted by Crippen LogP contribution is -2.56. The molecule has 1 aromatic rings. The Balaban J connectivity index is 2.08. The Morgan fingerprint density at radius 2 is 2.00 bits per heavy atom. The molecule has 0 aromatic carbocycles. The number of nitrogens with zero attached hydrogens (tertiary/aromatic N) is 2. The van der Waals surface area contributed by atoms with Crippen LogP contribution in [0.2, 0.25) is 0 Å². The molecular weight excluding hydrogens is 234 g/mol. The highest BCUT2D eigenvalue weighted by molar-refractivity contribution is 5.16. The van der Waals surface area contributed by atoms with Crippen molar-refractivity contribution >= 4 is 0 Å². The van der Waals surface area contributed by atoms with E-state index in [0.29, 0.717) is 0 Å². The van der Waals surface area contributed by atoms with Crippen LogP contribution in [0.1, 0.15) is 43.9 Å². The Kier molecular flexibility index (Phi) is 4.58. The lowest BCUT2D eigenvalue weighted by atomic mass is 9.84. The third-order valence-electron chi connectivity index (χ3n) is 4.77. The zero-order valence-electron chi connectivity index (χ0n) is 12.5. The monoisotopic (exact) mass is 261 g/mol. The van der Waals surface area contributed by atoms with E-state index in [1.165, 1.54) is 31.2 Å². The predicted octanol–water partition coefficient (Wildman–Crippen LogP) is 2.39. The molecule has 106 valence electrons. The van der Waals surface area contributed by atoms with Crippen LogP contribution in [0.5, 0.6) is 0 Å². The number of nitrogens with two attached hydrogens (primary N) is 1. The number of pyridine rings is 1. The SMILES string of the molecule is CCc1ccc(CC(N)C2(N(C)C)CCCC2)nc1.